The van der Waals surface area contributed by atoms with Gasteiger partial charge in [0, 0.05) is 41.8 Å². The summed E-state index contributed by atoms with van der Waals surface area (Å²) in [5.41, 5.74) is 2.03. The van der Waals surface area contributed by atoms with Gasteiger partial charge in [0.05, 0.1) is 17.6 Å². The van der Waals surface area contributed by atoms with E-state index in [4.69, 9.17) is 11.6 Å². The second-order valence-corrected chi connectivity index (χ2v) is 5.81. The Morgan fingerprint density at radius 1 is 1.12 bits per heavy atom. The van der Waals surface area contributed by atoms with Gasteiger partial charge in [-0.3, -0.25) is 14.6 Å². The smallest absolute Gasteiger partial charge is 0.255 e. The van der Waals surface area contributed by atoms with E-state index in [0.29, 0.717) is 16.4 Å². The summed E-state index contributed by atoms with van der Waals surface area (Å²) in [4.78, 5) is 28.2. The van der Waals surface area contributed by atoms with Crippen molar-refractivity contribution in [2.75, 3.05) is 10.6 Å². The Kier molecular flexibility index (Phi) is 4.81. The number of hydrogen-bond acceptors (Lipinski definition) is 4. The first-order valence-corrected chi connectivity index (χ1v) is 7.85. The second kappa shape index (κ2) is 7.19. The van der Waals surface area contributed by atoms with Crippen LogP contribution in [0.25, 0.3) is 0 Å². The molecule has 0 aliphatic heterocycles. The lowest BCUT2D eigenvalue weighted by Gasteiger charge is -2.13. The van der Waals surface area contributed by atoms with Crippen molar-refractivity contribution in [1.82, 2.24) is 9.55 Å². The molecule has 3 aromatic rings. The summed E-state index contributed by atoms with van der Waals surface area (Å²) < 4.78 is 1.40. The molecule has 2 N–H and O–H groups in total. The number of rotatable bonds is 4. The van der Waals surface area contributed by atoms with E-state index in [0.717, 1.165) is 5.69 Å². The molecular formula is C18H15ClN4O2. The maximum atomic E-state index is 12.4. The monoisotopic (exact) mass is 354 g/mol. The van der Waals surface area contributed by atoms with Gasteiger partial charge in [0.25, 0.3) is 11.5 Å². The number of carbonyl (C=O) groups is 1. The minimum Gasteiger partial charge on any atom is -0.353 e. The van der Waals surface area contributed by atoms with Crippen molar-refractivity contribution in [1.29, 1.82) is 0 Å². The minimum atomic E-state index is -0.372. The number of pyridine rings is 2. The first-order chi connectivity index (χ1) is 12.0. The zero-order chi connectivity index (χ0) is 17.8. The van der Waals surface area contributed by atoms with Gasteiger partial charge < -0.3 is 15.2 Å². The van der Waals surface area contributed by atoms with Crippen molar-refractivity contribution in [2.45, 2.75) is 0 Å². The number of benzene rings is 1. The SMILES string of the molecule is Cn1ccc(C(=O)Nc2ccncc2Nc2ccc(Cl)cc2)cc1=O. The van der Waals surface area contributed by atoms with Crippen LogP contribution in [0.2, 0.25) is 5.02 Å². The third-order valence-electron chi connectivity index (χ3n) is 3.56. The first kappa shape index (κ1) is 16.7. The van der Waals surface area contributed by atoms with Gasteiger partial charge in [-0.2, -0.15) is 0 Å². The molecule has 3 rings (SSSR count). The average molecular weight is 355 g/mol. The lowest BCUT2D eigenvalue weighted by atomic mass is 10.2. The molecule has 1 amide bonds. The molecule has 25 heavy (non-hydrogen) atoms. The van der Waals surface area contributed by atoms with E-state index in [1.165, 1.54) is 10.6 Å². The molecule has 0 saturated carbocycles. The molecule has 6 nitrogen and oxygen atoms in total. The predicted octanol–water partition coefficient (Wildman–Crippen LogP) is 3.43. The molecule has 2 aromatic heterocycles. The van der Waals surface area contributed by atoms with E-state index < -0.39 is 0 Å². The molecule has 7 heteroatoms. The van der Waals surface area contributed by atoms with Gasteiger partial charge in [0.1, 0.15) is 0 Å². The molecule has 0 unspecified atom stereocenters. The number of aromatic nitrogens is 2. The van der Waals surface area contributed by atoms with Gasteiger partial charge in [0.15, 0.2) is 0 Å². The molecule has 0 bridgehead atoms. The number of halogens is 1. The van der Waals surface area contributed by atoms with Crippen molar-refractivity contribution in [2.24, 2.45) is 7.05 Å². The molecule has 0 fully saturated rings. The Labute approximate surface area is 149 Å². The Hall–Kier alpha value is -3.12. The molecule has 0 aliphatic carbocycles. The van der Waals surface area contributed by atoms with Crippen LogP contribution in [-0.2, 0) is 7.05 Å². The van der Waals surface area contributed by atoms with Gasteiger partial charge in [-0.15, -0.1) is 0 Å². The average Bonchev–Trinajstić information content (AvgIpc) is 2.61. The highest BCUT2D eigenvalue weighted by Gasteiger charge is 2.10. The van der Waals surface area contributed by atoms with E-state index >= 15 is 0 Å². The van der Waals surface area contributed by atoms with E-state index in [2.05, 4.69) is 15.6 Å². The molecule has 0 aliphatic rings. The Balaban J connectivity index is 1.82. The number of nitrogens with zero attached hydrogens (tertiary/aromatic N) is 2. The molecule has 126 valence electrons. The number of amides is 1. The molecule has 0 radical (unpaired) electrons. The van der Waals surface area contributed by atoms with Gasteiger partial charge in [-0.05, 0) is 36.4 Å². The van der Waals surface area contributed by atoms with E-state index in [1.807, 2.05) is 12.1 Å². The zero-order valence-corrected chi connectivity index (χ0v) is 14.1. The topological polar surface area (TPSA) is 76.0 Å². The van der Waals surface area contributed by atoms with E-state index in [9.17, 15) is 9.59 Å². The van der Waals surface area contributed by atoms with Gasteiger partial charge in [-0.1, -0.05) is 11.6 Å². The third kappa shape index (κ3) is 4.05. The normalized spacial score (nSPS) is 10.3. The van der Waals surface area contributed by atoms with Crippen molar-refractivity contribution >= 4 is 34.6 Å². The fraction of sp³-hybridized carbons (Fsp3) is 0.0556. The number of anilines is 3. The van der Waals surface area contributed by atoms with Crippen molar-refractivity contribution in [3.63, 3.8) is 0 Å². The molecule has 2 heterocycles. The van der Waals surface area contributed by atoms with Crippen LogP contribution in [0.4, 0.5) is 17.1 Å². The van der Waals surface area contributed by atoms with Crippen molar-refractivity contribution in [3.8, 4) is 0 Å². The maximum absolute atomic E-state index is 12.4. The summed E-state index contributed by atoms with van der Waals surface area (Å²) in [5.74, 6) is -0.372. The number of aryl methyl sites for hydroxylation is 1. The summed E-state index contributed by atoms with van der Waals surface area (Å²) in [7, 11) is 1.63. The summed E-state index contributed by atoms with van der Waals surface area (Å²) in [6.07, 6.45) is 4.73. The third-order valence-corrected chi connectivity index (χ3v) is 3.81. The standard InChI is InChI=1S/C18H15ClN4O2/c1-23-9-7-12(10-17(23)24)18(25)22-15-6-8-20-11-16(15)21-14-4-2-13(19)3-5-14/h2-11,21H,1H3,(H,20,22,25). The number of hydrogen-bond donors (Lipinski definition) is 2. The summed E-state index contributed by atoms with van der Waals surface area (Å²) >= 11 is 5.88. The molecule has 0 saturated heterocycles. The lowest BCUT2D eigenvalue weighted by molar-refractivity contribution is 0.102. The van der Waals surface area contributed by atoms with Crippen LogP contribution in [0, 0.1) is 0 Å². The molecular weight excluding hydrogens is 340 g/mol. The number of carbonyl (C=O) groups excluding carboxylic acids is 1. The summed E-state index contributed by atoms with van der Waals surface area (Å²) in [6.45, 7) is 0. The molecule has 0 spiro atoms. The van der Waals surface area contributed by atoms with Crippen LogP contribution in [0.1, 0.15) is 10.4 Å². The lowest BCUT2D eigenvalue weighted by Crippen LogP contribution is -2.20. The summed E-state index contributed by atoms with van der Waals surface area (Å²) in [5, 5.41) is 6.60. The fourth-order valence-corrected chi connectivity index (χ4v) is 2.30. The Morgan fingerprint density at radius 3 is 2.60 bits per heavy atom. The number of nitrogens with one attached hydrogen (secondary N) is 2. The van der Waals surface area contributed by atoms with Crippen molar-refractivity contribution in [3.05, 3.63) is 82.0 Å². The van der Waals surface area contributed by atoms with E-state index in [1.54, 1.807) is 49.9 Å². The van der Waals surface area contributed by atoms with Crippen LogP contribution in [-0.4, -0.2) is 15.5 Å². The highest BCUT2D eigenvalue weighted by Crippen LogP contribution is 2.25. The Bertz CT molecular complexity index is 967. The van der Waals surface area contributed by atoms with Crippen LogP contribution in [0.5, 0.6) is 0 Å². The second-order valence-electron chi connectivity index (χ2n) is 5.37. The van der Waals surface area contributed by atoms with Crippen LogP contribution < -0.4 is 16.2 Å². The van der Waals surface area contributed by atoms with Crippen LogP contribution in [0.3, 0.4) is 0 Å². The maximum Gasteiger partial charge on any atom is 0.255 e. The molecule has 0 atom stereocenters. The molecule has 1 aromatic carbocycles. The largest absolute Gasteiger partial charge is 0.353 e. The Morgan fingerprint density at radius 2 is 1.88 bits per heavy atom. The van der Waals surface area contributed by atoms with Gasteiger partial charge >= 0.3 is 0 Å². The fourth-order valence-electron chi connectivity index (χ4n) is 2.18. The highest BCUT2D eigenvalue weighted by atomic mass is 35.5. The highest BCUT2D eigenvalue weighted by molar-refractivity contribution is 6.30. The first-order valence-electron chi connectivity index (χ1n) is 7.47. The van der Waals surface area contributed by atoms with Crippen molar-refractivity contribution < 1.29 is 4.79 Å². The van der Waals surface area contributed by atoms with E-state index in [-0.39, 0.29) is 17.0 Å². The minimum absolute atomic E-state index is 0.248. The predicted molar refractivity (Wildman–Crippen MR) is 98.6 cm³/mol. The summed E-state index contributed by atoms with van der Waals surface area (Å²) in [6, 6.07) is 11.7. The quantitative estimate of drug-likeness (QED) is 0.752. The van der Waals surface area contributed by atoms with Gasteiger partial charge in [0.2, 0.25) is 0 Å². The van der Waals surface area contributed by atoms with Gasteiger partial charge in [-0.25, -0.2) is 0 Å². The van der Waals surface area contributed by atoms with Crippen LogP contribution >= 0.6 is 11.6 Å². The zero-order valence-electron chi connectivity index (χ0n) is 13.4. The van der Waals surface area contributed by atoms with Crippen LogP contribution in [0.15, 0.2) is 65.8 Å².